The zero-order valence-corrected chi connectivity index (χ0v) is 21.4. The van der Waals surface area contributed by atoms with Crippen LogP contribution in [0.3, 0.4) is 0 Å². The predicted octanol–water partition coefficient (Wildman–Crippen LogP) is 5.80. The van der Waals surface area contributed by atoms with Gasteiger partial charge in [-0.15, -0.1) is 0 Å². The van der Waals surface area contributed by atoms with E-state index in [0.717, 1.165) is 71.8 Å². The Morgan fingerprint density at radius 2 is 2.03 bits per heavy atom. The first-order valence-electron chi connectivity index (χ1n) is 13.5. The van der Waals surface area contributed by atoms with Gasteiger partial charge in [-0.1, -0.05) is 12.1 Å². The van der Waals surface area contributed by atoms with Crippen molar-refractivity contribution in [3.8, 4) is 28.3 Å². The second-order valence-electron chi connectivity index (χ2n) is 10.4. The molecule has 4 aromatic rings. The fourth-order valence-electron chi connectivity index (χ4n) is 5.92. The lowest BCUT2D eigenvalue weighted by molar-refractivity contribution is 0.234. The van der Waals surface area contributed by atoms with E-state index in [1.54, 1.807) is 0 Å². The molecule has 2 aromatic carbocycles. The maximum atomic E-state index is 15.9. The molecule has 0 unspecified atom stereocenters. The van der Waals surface area contributed by atoms with Gasteiger partial charge in [-0.2, -0.15) is 0 Å². The summed E-state index contributed by atoms with van der Waals surface area (Å²) in [5, 5.41) is 7.52. The van der Waals surface area contributed by atoms with E-state index in [9.17, 15) is 0 Å². The molecule has 2 aromatic heterocycles. The second-order valence-corrected chi connectivity index (χ2v) is 10.4. The van der Waals surface area contributed by atoms with Crippen LogP contribution >= 0.6 is 0 Å². The van der Waals surface area contributed by atoms with Crippen molar-refractivity contribution in [3.05, 3.63) is 66.0 Å². The minimum atomic E-state index is -0.224. The number of halogens is 1. The first kappa shape index (κ1) is 23.4. The summed E-state index contributed by atoms with van der Waals surface area (Å²) in [4.78, 5) is 12.6. The minimum Gasteiger partial charge on any atom is -0.472 e. The Labute approximate surface area is 220 Å². The van der Waals surface area contributed by atoms with Gasteiger partial charge >= 0.3 is 0 Å². The van der Waals surface area contributed by atoms with Crippen LogP contribution in [-0.4, -0.2) is 39.4 Å². The Morgan fingerprint density at radius 3 is 2.87 bits per heavy atom. The SMILES string of the molecule is CC(=N/C=C/c1ccc2c(c1)c(F)c1n2COc2cc(-c3cnc([C@@H]4CCCN4)[nH]3)ccc2-1)[C@@H]1CCCN1. The van der Waals surface area contributed by atoms with E-state index in [0.29, 0.717) is 22.9 Å². The largest absolute Gasteiger partial charge is 0.472 e. The van der Waals surface area contributed by atoms with Crippen LogP contribution in [-0.2, 0) is 6.73 Å². The fourth-order valence-corrected chi connectivity index (χ4v) is 5.92. The van der Waals surface area contributed by atoms with Gasteiger partial charge in [0.25, 0.3) is 0 Å². The normalized spacial score (nSPS) is 21.3. The Hall–Kier alpha value is -3.75. The van der Waals surface area contributed by atoms with Gasteiger partial charge in [0, 0.05) is 34.5 Å². The van der Waals surface area contributed by atoms with Crippen molar-refractivity contribution in [2.45, 2.75) is 51.4 Å². The Balaban J connectivity index is 1.18. The van der Waals surface area contributed by atoms with Crippen LogP contribution in [0.5, 0.6) is 5.75 Å². The molecule has 8 heteroatoms. The van der Waals surface area contributed by atoms with E-state index in [1.165, 1.54) is 6.42 Å². The first-order chi connectivity index (χ1) is 18.7. The number of hydrogen-bond donors (Lipinski definition) is 3. The zero-order valence-electron chi connectivity index (χ0n) is 21.4. The van der Waals surface area contributed by atoms with Gasteiger partial charge in [-0.05, 0) is 81.6 Å². The lowest BCUT2D eigenvalue weighted by Gasteiger charge is -2.21. The number of ether oxygens (including phenoxy) is 1. The van der Waals surface area contributed by atoms with Gasteiger partial charge in [-0.3, -0.25) is 4.99 Å². The summed E-state index contributed by atoms with van der Waals surface area (Å²) in [5.74, 6) is 1.42. The van der Waals surface area contributed by atoms with Crippen LogP contribution in [0.2, 0.25) is 0 Å². The number of aromatic nitrogens is 3. The molecule has 3 N–H and O–H groups in total. The summed E-state index contributed by atoms with van der Waals surface area (Å²) in [7, 11) is 0. The Kier molecular flexibility index (Phi) is 5.86. The molecule has 0 amide bonds. The number of hydrogen-bond acceptors (Lipinski definition) is 5. The van der Waals surface area contributed by atoms with E-state index in [2.05, 4.69) is 32.5 Å². The van der Waals surface area contributed by atoms with E-state index in [1.807, 2.05) is 59.4 Å². The molecule has 0 bridgehead atoms. The van der Waals surface area contributed by atoms with Crippen molar-refractivity contribution in [2.75, 3.05) is 13.1 Å². The van der Waals surface area contributed by atoms with Crippen molar-refractivity contribution in [1.29, 1.82) is 0 Å². The highest BCUT2D eigenvalue weighted by Crippen LogP contribution is 2.42. The van der Waals surface area contributed by atoms with Crippen molar-refractivity contribution in [2.24, 2.45) is 4.99 Å². The molecule has 2 atom stereocenters. The Bertz CT molecular complexity index is 1570. The van der Waals surface area contributed by atoms with Gasteiger partial charge in [0.15, 0.2) is 12.5 Å². The highest BCUT2D eigenvalue weighted by molar-refractivity contribution is 5.92. The average Bonchev–Trinajstić information content (AvgIpc) is 3.76. The predicted molar refractivity (Wildman–Crippen MR) is 149 cm³/mol. The van der Waals surface area contributed by atoms with Crippen molar-refractivity contribution < 1.29 is 9.13 Å². The molecule has 0 spiro atoms. The van der Waals surface area contributed by atoms with Crippen molar-refractivity contribution >= 4 is 22.7 Å². The van der Waals surface area contributed by atoms with E-state index in [4.69, 9.17) is 4.74 Å². The first-order valence-corrected chi connectivity index (χ1v) is 13.5. The smallest absolute Gasteiger partial charge is 0.165 e. The number of H-pyrrole nitrogens is 1. The molecule has 0 radical (unpaired) electrons. The number of nitrogens with zero attached hydrogens (tertiary/aromatic N) is 3. The lowest BCUT2D eigenvalue weighted by atomic mass is 10.0. The molecule has 7 nitrogen and oxygen atoms in total. The summed E-state index contributed by atoms with van der Waals surface area (Å²) in [6.45, 7) is 4.39. The van der Waals surface area contributed by atoms with Gasteiger partial charge in [0.1, 0.15) is 11.6 Å². The molecular weight excluding hydrogens is 479 g/mol. The Morgan fingerprint density at radius 1 is 1.13 bits per heavy atom. The van der Waals surface area contributed by atoms with Gasteiger partial charge in [-0.25, -0.2) is 9.37 Å². The summed E-state index contributed by atoms with van der Waals surface area (Å²) in [6.07, 6.45) is 10.2. The molecule has 2 fully saturated rings. The minimum absolute atomic E-state index is 0.224. The third kappa shape index (κ3) is 4.04. The highest BCUT2D eigenvalue weighted by Gasteiger charge is 2.26. The number of nitrogens with one attached hydrogen (secondary N) is 3. The van der Waals surface area contributed by atoms with E-state index >= 15 is 4.39 Å². The molecule has 0 saturated carbocycles. The maximum absolute atomic E-state index is 15.9. The van der Waals surface area contributed by atoms with Crippen LogP contribution in [0.25, 0.3) is 39.5 Å². The van der Waals surface area contributed by atoms with Gasteiger partial charge in [0.2, 0.25) is 0 Å². The number of fused-ring (bicyclic) bond motifs is 5. The summed E-state index contributed by atoms with van der Waals surface area (Å²) < 4.78 is 23.9. The van der Waals surface area contributed by atoms with Crippen LogP contribution in [0.1, 0.15) is 50.0 Å². The quantitative estimate of drug-likeness (QED) is 0.297. The summed E-state index contributed by atoms with van der Waals surface area (Å²) >= 11 is 0. The maximum Gasteiger partial charge on any atom is 0.165 e. The molecule has 0 aliphatic carbocycles. The molecular formula is C30H31FN6O. The molecule has 5 heterocycles. The van der Waals surface area contributed by atoms with Gasteiger partial charge < -0.3 is 24.9 Å². The van der Waals surface area contributed by atoms with Crippen LogP contribution in [0, 0.1) is 5.82 Å². The number of benzene rings is 2. The summed E-state index contributed by atoms with van der Waals surface area (Å²) in [6, 6.07) is 12.4. The van der Waals surface area contributed by atoms with Gasteiger partial charge in [0.05, 0.1) is 29.1 Å². The van der Waals surface area contributed by atoms with Crippen molar-refractivity contribution in [1.82, 2.24) is 25.2 Å². The third-order valence-electron chi connectivity index (χ3n) is 8.02. The standard InChI is InChI=1S/C30H31FN6O/c1-18(23-4-2-11-33-23)32-13-10-19-6-9-26-22(14-19)28(31)29-21-8-7-20(15-27(21)38-17-37(26)29)25-16-35-30(36-25)24-5-3-12-34-24/h6-10,13-16,23-24,33-34H,2-5,11-12,17H2,1H3,(H,35,36)/b13-10+,32-18?/t23-,24-/m0/s1. The number of rotatable bonds is 5. The zero-order chi connectivity index (χ0) is 25.6. The van der Waals surface area contributed by atoms with Crippen molar-refractivity contribution in [3.63, 3.8) is 0 Å². The highest BCUT2D eigenvalue weighted by atomic mass is 19.1. The molecule has 3 aliphatic heterocycles. The third-order valence-corrected chi connectivity index (χ3v) is 8.02. The molecule has 3 aliphatic rings. The monoisotopic (exact) mass is 510 g/mol. The molecule has 2 saturated heterocycles. The average molecular weight is 511 g/mol. The number of imidazole rings is 1. The molecule has 7 rings (SSSR count). The molecule has 194 valence electrons. The topological polar surface area (TPSA) is 79.3 Å². The van der Waals surface area contributed by atoms with E-state index < -0.39 is 0 Å². The number of aliphatic imine (C=N–C) groups is 1. The molecule has 38 heavy (non-hydrogen) atoms. The van der Waals surface area contributed by atoms with Crippen LogP contribution < -0.4 is 15.4 Å². The number of aromatic amines is 1. The lowest BCUT2D eigenvalue weighted by Crippen LogP contribution is -2.28. The fraction of sp³-hybridized carbons (Fsp3) is 0.333. The van der Waals surface area contributed by atoms with E-state index in [-0.39, 0.29) is 18.6 Å². The van der Waals surface area contributed by atoms with Crippen LogP contribution in [0.4, 0.5) is 4.39 Å². The summed E-state index contributed by atoms with van der Waals surface area (Å²) in [5.41, 5.74) is 6.05. The van der Waals surface area contributed by atoms with Crippen LogP contribution in [0.15, 0.2) is 53.8 Å². The second kappa shape index (κ2) is 9.53.